The second-order valence-corrected chi connectivity index (χ2v) is 15.2. The number of nitrogens with two attached hydrogens (primary N) is 2. The number of hydrogen-bond donors (Lipinski definition) is 2. The lowest BCUT2D eigenvalue weighted by Crippen LogP contribution is -2.41. The lowest BCUT2D eigenvalue weighted by molar-refractivity contribution is -0.173. The summed E-state index contributed by atoms with van der Waals surface area (Å²) < 4.78 is 94.9. The first-order valence-corrected chi connectivity index (χ1v) is 19.2. The molecule has 67 heavy (non-hydrogen) atoms. The third-order valence-corrected chi connectivity index (χ3v) is 11.5. The van der Waals surface area contributed by atoms with Crippen molar-refractivity contribution in [3.8, 4) is 0 Å². The van der Waals surface area contributed by atoms with E-state index in [1.807, 2.05) is 6.92 Å². The lowest BCUT2D eigenvalue weighted by Gasteiger charge is -2.33. The fraction of sp³-hybridized carbons (Fsp3) is 0.319. The number of amides is 4. The van der Waals surface area contributed by atoms with E-state index in [1.54, 1.807) is 0 Å². The standard InChI is InChI=1S/C24H21F3N2O4.C19H9F3O6.CH6N2.3CH4/c1-4-5-10-29-21(32)16-9-7-14(12-18(16)22(29)33)23(2,24(25,26)27)13-6-8-15-17(11-13)20(31)28(3)19(15)30;1-18(19(20,21)22,8-2-4-10-12(6-8)16(25)27-14(10)23)9-3-5-11-13(7-9)17(26)28-15(11)24;2-1-3;;;/h6-9,11-12H,4-5,10H2,1-3H3;2-7H,1H3;1-3H2;3*1H4. The minimum absolute atomic E-state index is 0. The zero-order valence-electron chi connectivity index (χ0n) is 34.2. The van der Waals surface area contributed by atoms with E-state index in [-0.39, 0.29) is 102 Å². The zero-order chi connectivity index (χ0) is 47.4. The molecule has 0 spiro atoms. The van der Waals surface area contributed by atoms with Crippen molar-refractivity contribution < 1.29 is 74.2 Å². The number of esters is 4. The molecule has 4 N–H and O–H groups in total. The third kappa shape index (κ3) is 8.85. The second kappa shape index (κ2) is 19.4. The highest BCUT2D eigenvalue weighted by molar-refractivity contribution is 6.22. The molecule has 14 nitrogen and oxygen atoms in total. The van der Waals surface area contributed by atoms with E-state index in [1.165, 1.54) is 31.3 Å². The quantitative estimate of drug-likeness (QED) is 0.0591. The van der Waals surface area contributed by atoms with Crippen LogP contribution in [0.5, 0.6) is 0 Å². The van der Waals surface area contributed by atoms with Gasteiger partial charge >= 0.3 is 36.2 Å². The SMILES string of the molecule is C.C.C.CC(c1ccc2c(c1)C(=O)OC2=O)(c1ccc2c(c1)C(=O)OC2=O)C(F)(F)F.CCCCN1C(=O)c2ccc(C(C)(c3ccc4c(c3)C(=O)N(C)C4=O)C(F)(F)F)cc2C1=O.NCN. The smallest absolute Gasteiger partial charge is 0.386 e. The van der Waals surface area contributed by atoms with Crippen molar-refractivity contribution in [2.75, 3.05) is 20.3 Å². The average Bonchev–Trinajstić information content (AvgIpc) is 3.87. The summed E-state index contributed by atoms with van der Waals surface area (Å²) in [5.74, 6) is -6.33. The van der Waals surface area contributed by atoms with Gasteiger partial charge in [0.1, 0.15) is 10.8 Å². The number of hydrogen-bond acceptors (Lipinski definition) is 12. The Balaban J connectivity index is 0.000000325. The molecule has 20 heteroatoms. The Morgan fingerprint density at radius 3 is 1.12 bits per heavy atom. The van der Waals surface area contributed by atoms with Gasteiger partial charge in [-0.2, -0.15) is 26.3 Å². The summed E-state index contributed by atoms with van der Waals surface area (Å²) >= 11 is 0. The number of unbranched alkanes of at least 4 members (excludes halogenated alkanes) is 1. The molecule has 0 aliphatic carbocycles. The van der Waals surface area contributed by atoms with Crippen LogP contribution >= 0.6 is 0 Å². The highest BCUT2D eigenvalue weighted by atomic mass is 19.4. The highest BCUT2D eigenvalue weighted by Crippen LogP contribution is 2.49. The predicted octanol–water partition coefficient (Wildman–Crippen LogP) is 8.12. The maximum atomic E-state index is 14.5. The van der Waals surface area contributed by atoms with Gasteiger partial charge in [0, 0.05) is 20.3 Å². The number of rotatable bonds is 7. The number of ether oxygens (including phenoxy) is 2. The van der Waals surface area contributed by atoms with Gasteiger partial charge in [-0.15, -0.1) is 0 Å². The molecule has 1 atom stereocenters. The maximum absolute atomic E-state index is 14.5. The lowest BCUT2D eigenvalue weighted by atomic mass is 9.74. The van der Waals surface area contributed by atoms with Crippen LogP contribution in [0.4, 0.5) is 26.3 Å². The average molecular weight is 943 g/mol. The number of cyclic esters (lactones) is 4. The van der Waals surface area contributed by atoms with Crippen molar-refractivity contribution in [2.24, 2.45) is 11.5 Å². The van der Waals surface area contributed by atoms with Gasteiger partial charge in [0.25, 0.3) is 23.6 Å². The molecule has 0 fully saturated rings. The van der Waals surface area contributed by atoms with E-state index < -0.39 is 70.7 Å². The molecule has 358 valence electrons. The Labute approximate surface area is 381 Å². The molecule has 8 rings (SSSR count). The second-order valence-electron chi connectivity index (χ2n) is 15.2. The molecule has 0 radical (unpaired) electrons. The first kappa shape index (κ1) is 54.3. The summed E-state index contributed by atoms with van der Waals surface area (Å²) in [6, 6.07) is 13.2. The van der Waals surface area contributed by atoms with Crippen molar-refractivity contribution in [1.82, 2.24) is 9.80 Å². The monoisotopic (exact) mass is 942 g/mol. The molecule has 0 bridgehead atoms. The van der Waals surface area contributed by atoms with Gasteiger partial charge in [-0.1, -0.05) is 59.9 Å². The molecule has 4 aliphatic heterocycles. The molecule has 4 heterocycles. The number of halogens is 6. The van der Waals surface area contributed by atoms with Crippen molar-refractivity contribution >= 4 is 47.5 Å². The number of imide groups is 2. The van der Waals surface area contributed by atoms with Crippen molar-refractivity contribution in [1.29, 1.82) is 0 Å². The highest BCUT2D eigenvalue weighted by Gasteiger charge is 2.56. The van der Waals surface area contributed by atoms with Crippen LogP contribution in [0.25, 0.3) is 0 Å². The van der Waals surface area contributed by atoms with Gasteiger partial charge in [-0.3, -0.25) is 29.0 Å². The van der Waals surface area contributed by atoms with Gasteiger partial charge in [0.05, 0.1) is 44.5 Å². The number of carbonyl (C=O) groups is 8. The van der Waals surface area contributed by atoms with Crippen LogP contribution in [0.2, 0.25) is 0 Å². The molecular formula is C47H48F6N4O10. The van der Waals surface area contributed by atoms with Crippen molar-refractivity contribution in [2.45, 2.75) is 79.1 Å². The summed E-state index contributed by atoms with van der Waals surface area (Å²) in [5.41, 5.74) is 2.01. The molecule has 4 aliphatic rings. The van der Waals surface area contributed by atoms with Crippen molar-refractivity contribution in [3.05, 3.63) is 140 Å². The summed E-state index contributed by atoms with van der Waals surface area (Å²) in [4.78, 5) is 98.4. The first-order valence-electron chi connectivity index (χ1n) is 19.2. The zero-order valence-corrected chi connectivity index (χ0v) is 34.2. The first-order chi connectivity index (χ1) is 29.9. The minimum atomic E-state index is -4.84. The molecule has 1 unspecified atom stereocenters. The minimum Gasteiger partial charge on any atom is -0.386 e. The molecule has 0 aromatic heterocycles. The fourth-order valence-corrected chi connectivity index (χ4v) is 7.57. The molecular weight excluding hydrogens is 895 g/mol. The number of fused-ring (bicyclic) bond motifs is 4. The van der Waals surface area contributed by atoms with Crippen molar-refractivity contribution in [3.63, 3.8) is 0 Å². The van der Waals surface area contributed by atoms with Crippen LogP contribution in [0.3, 0.4) is 0 Å². The van der Waals surface area contributed by atoms with E-state index in [0.29, 0.717) is 6.42 Å². The fourth-order valence-electron chi connectivity index (χ4n) is 7.57. The number of alkyl halides is 6. The topological polar surface area (TPSA) is 214 Å². The summed E-state index contributed by atoms with van der Waals surface area (Å²) in [5, 5.41) is 0. The largest absolute Gasteiger partial charge is 0.402 e. The normalized spacial score (nSPS) is 15.6. The number of benzene rings is 4. The van der Waals surface area contributed by atoms with Crippen LogP contribution in [0.1, 0.15) is 161 Å². The Kier molecular flexibility index (Phi) is 15.7. The Bertz CT molecular complexity index is 2640. The molecule has 4 amide bonds. The Hall–Kier alpha value is -7.06. The summed E-state index contributed by atoms with van der Waals surface area (Å²) in [7, 11) is 1.26. The van der Waals surface area contributed by atoms with Gasteiger partial charge < -0.3 is 20.9 Å². The molecule has 0 saturated carbocycles. The number of nitrogens with zero attached hydrogens (tertiary/aromatic N) is 2. The van der Waals surface area contributed by atoms with E-state index >= 15 is 0 Å². The Morgan fingerprint density at radius 1 is 0.478 bits per heavy atom. The van der Waals surface area contributed by atoms with Crippen LogP contribution in [-0.2, 0) is 20.3 Å². The van der Waals surface area contributed by atoms with Crippen LogP contribution < -0.4 is 11.5 Å². The molecule has 4 aromatic carbocycles. The van der Waals surface area contributed by atoms with E-state index in [4.69, 9.17) is 0 Å². The third-order valence-electron chi connectivity index (χ3n) is 11.5. The van der Waals surface area contributed by atoms with Gasteiger partial charge in [-0.25, -0.2) is 19.2 Å². The predicted molar refractivity (Wildman–Crippen MR) is 230 cm³/mol. The summed E-state index contributed by atoms with van der Waals surface area (Å²) in [6.45, 7) is 4.18. The number of carbonyl (C=O) groups excluding carboxylic acids is 8. The molecule has 0 saturated heterocycles. The van der Waals surface area contributed by atoms with Crippen LogP contribution in [0.15, 0.2) is 72.8 Å². The van der Waals surface area contributed by atoms with Gasteiger partial charge in [0.2, 0.25) is 0 Å². The van der Waals surface area contributed by atoms with Crippen LogP contribution in [-0.4, -0.2) is 89.9 Å². The summed E-state index contributed by atoms with van der Waals surface area (Å²) in [6.07, 6.45) is -8.30. The maximum Gasteiger partial charge on any atom is 0.402 e. The Morgan fingerprint density at radius 2 is 0.761 bits per heavy atom. The van der Waals surface area contributed by atoms with E-state index in [0.717, 1.165) is 78.6 Å². The van der Waals surface area contributed by atoms with Crippen LogP contribution in [0, 0.1) is 0 Å². The van der Waals surface area contributed by atoms with E-state index in [9.17, 15) is 64.7 Å². The van der Waals surface area contributed by atoms with E-state index in [2.05, 4.69) is 20.9 Å². The molecule has 4 aromatic rings. The van der Waals surface area contributed by atoms with Gasteiger partial charge in [-0.05, 0) is 91.1 Å². The van der Waals surface area contributed by atoms with Gasteiger partial charge in [0.15, 0.2) is 0 Å².